The van der Waals surface area contributed by atoms with E-state index in [2.05, 4.69) is 34.5 Å². The van der Waals surface area contributed by atoms with Crippen molar-refractivity contribution in [1.82, 2.24) is 9.80 Å². The molecule has 1 aliphatic heterocycles. The zero-order valence-corrected chi connectivity index (χ0v) is 13.4. The predicted molar refractivity (Wildman–Crippen MR) is 87.9 cm³/mol. The van der Waals surface area contributed by atoms with Gasteiger partial charge in [-0.15, -0.1) is 0 Å². The van der Waals surface area contributed by atoms with Crippen molar-refractivity contribution in [3.8, 4) is 0 Å². The summed E-state index contributed by atoms with van der Waals surface area (Å²) in [4.78, 5) is 27.7. The molecule has 1 aromatic carbocycles. The largest absolute Gasteiger partial charge is 0.325 e. The summed E-state index contributed by atoms with van der Waals surface area (Å²) in [5, 5.41) is 5.60. The van der Waals surface area contributed by atoms with Gasteiger partial charge in [-0.2, -0.15) is 0 Å². The zero-order valence-electron chi connectivity index (χ0n) is 13.4. The van der Waals surface area contributed by atoms with Gasteiger partial charge in [-0.05, 0) is 32.6 Å². The number of nitrogens with zero attached hydrogens (tertiary/aromatic N) is 2. The molecule has 1 aromatic rings. The number of carbonyl (C=O) groups is 2. The van der Waals surface area contributed by atoms with Crippen LogP contribution in [-0.4, -0.2) is 61.4 Å². The normalized spacial score (nSPS) is 18.5. The number of para-hydroxylation sites is 2. The minimum Gasteiger partial charge on any atom is -0.325 e. The Morgan fingerprint density at radius 2 is 1.86 bits per heavy atom. The summed E-state index contributed by atoms with van der Waals surface area (Å²) in [7, 11) is 4.13. The topological polar surface area (TPSA) is 64.7 Å². The minimum atomic E-state index is -0.157. The Labute approximate surface area is 131 Å². The quantitative estimate of drug-likeness (QED) is 0.858. The van der Waals surface area contributed by atoms with Crippen LogP contribution < -0.4 is 10.6 Å². The van der Waals surface area contributed by atoms with Gasteiger partial charge in [0.2, 0.25) is 11.8 Å². The van der Waals surface area contributed by atoms with E-state index in [1.807, 2.05) is 12.1 Å². The summed E-state index contributed by atoms with van der Waals surface area (Å²) in [6, 6.07) is 7.73. The van der Waals surface area contributed by atoms with Crippen LogP contribution in [0.15, 0.2) is 24.3 Å². The second-order valence-electron chi connectivity index (χ2n) is 5.92. The molecule has 0 spiro atoms. The second-order valence-corrected chi connectivity index (χ2v) is 5.92. The van der Waals surface area contributed by atoms with Crippen LogP contribution in [-0.2, 0) is 9.59 Å². The first-order valence-electron chi connectivity index (χ1n) is 7.51. The fourth-order valence-corrected chi connectivity index (χ4v) is 2.66. The highest BCUT2D eigenvalue weighted by Gasteiger charge is 2.25. The Balaban J connectivity index is 1.91. The van der Waals surface area contributed by atoms with Crippen LogP contribution in [0.4, 0.5) is 11.4 Å². The number of anilines is 2. The highest BCUT2D eigenvalue weighted by atomic mass is 16.2. The molecule has 2 N–H and O–H groups in total. The van der Waals surface area contributed by atoms with Crippen molar-refractivity contribution in [3.05, 3.63) is 24.3 Å². The van der Waals surface area contributed by atoms with Gasteiger partial charge in [-0.25, -0.2) is 0 Å². The zero-order chi connectivity index (χ0) is 16.1. The molecule has 22 heavy (non-hydrogen) atoms. The lowest BCUT2D eigenvalue weighted by atomic mass is 10.2. The molecular weight excluding hydrogens is 280 g/mol. The Hall–Kier alpha value is -1.92. The lowest BCUT2D eigenvalue weighted by Gasteiger charge is -2.20. The van der Waals surface area contributed by atoms with Crippen molar-refractivity contribution in [3.63, 3.8) is 0 Å². The molecule has 6 nitrogen and oxygen atoms in total. The Kier molecular flexibility index (Phi) is 5.51. The molecule has 6 heteroatoms. The van der Waals surface area contributed by atoms with Gasteiger partial charge in [-0.1, -0.05) is 12.1 Å². The molecule has 1 saturated heterocycles. The van der Waals surface area contributed by atoms with Crippen LogP contribution in [0.5, 0.6) is 0 Å². The maximum absolute atomic E-state index is 12.2. The fourth-order valence-electron chi connectivity index (χ4n) is 2.66. The van der Waals surface area contributed by atoms with Gasteiger partial charge in [0.25, 0.3) is 0 Å². The third-order valence-corrected chi connectivity index (χ3v) is 3.86. The molecule has 2 amide bonds. The van der Waals surface area contributed by atoms with Crippen LogP contribution in [0.2, 0.25) is 0 Å². The first-order valence-corrected chi connectivity index (χ1v) is 7.51. The number of nitrogens with one attached hydrogen (secondary N) is 2. The van der Waals surface area contributed by atoms with Crippen molar-refractivity contribution in [1.29, 1.82) is 0 Å². The second kappa shape index (κ2) is 7.38. The van der Waals surface area contributed by atoms with E-state index in [9.17, 15) is 9.59 Å². The number of carbonyl (C=O) groups excluding carboxylic acids is 2. The van der Waals surface area contributed by atoms with Gasteiger partial charge >= 0.3 is 0 Å². The predicted octanol–water partition coefficient (Wildman–Crippen LogP) is 1.22. The van der Waals surface area contributed by atoms with Crippen LogP contribution >= 0.6 is 0 Å². The van der Waals surface area contributed by atoms with E-state index >= 15 is 0 Å². The molecule has 120 valence electrons. The standard InChI is InChI=1S/C16H24N4O2/c1-12(21)17-14-6-4-5-7-15(14)18-16(22)11-20-9-8-13(10-20)19(2)3/h4-7,13H,8-11H2,1-3H3,(H,17,21)(H,18,22)/t13-/m0/s1. The van der Waals surface area contributed by atoms with Gasteiger partial charge in [0.05, 0.1) is 17.9 Å². The number of benzene rings is 1. The molecular formula is C16H24N4O2. The van der Waals surface area contributed by atoms with Crippen molar-refractivity contribution in [2.75, 3.05) is 44.4 Å². The number of hydrogen-bond acceptors (Lipinski definition) is 4. The third-order valence-electron chi connectivity index (χ3n) is 3.86. The van der Waals surface area contributed by atoms with E-state index in [4.69, 9.17) is 0 Å². The summed E-state index contributed by atoms with van der Waals surface area (Å²) in [6.45, 7) is 3.67. The summed E-state index contributed by atoms with van der Waals surface area (Å²) >= 11 is 0. The number of amides is 2. The Morgan fingerprint density at radius 3 is 2.41 bits per heavy atom. The lowest BCUT2D eigenvalue weighted by molar-refractivity contribution is -0.117. The molecule has 0 aromatic heterocycles. The van der Waals surface area contributed by atoms with E-state index in [0.717, 1.165) is 19.5 Å². The summed E-state index contributed by atoms with van der Waals surface area (Å²) in [6.07, 6.45) is 1.09. The summed E-state index contributed by atoms with van der Waals surface area (Å²) in [5.74, 6) is -0.215. The molecule has 0 unspecified atom stereocenters. The maximum Gasteiger partial charge on any atom is 0.238 e. The van der Waals surface area contributed by atoms with Crippen LogP contribution in [0.1, 0.15) is 13.3 Å². The molecule has 1 atom stereocenters. The smallest absolute Gasteiger partial charge is 0.238 e. The Morgan fingerprint density at radius 1 is 1.23 bits per heavy atom. The SMILES string of the molecule is CC(=O)Nc1ccccc1NC(=O)CN1CC[C@H](N(C)C)C1. The van der Waals surface area contributed by atoms with Crippen molar-refractivity contribution in [2.45, 2.75) is 19.4 Å². The third kappa shape index (κ3) is 4.54. The number of hydrogen-bond donors (Lipinski definition) is 2. The molecule has 1 aliphatic rings. The average Bonchev–Trinajstić information content (AvgIpc) is 2.89. The minimum absolute atomic E-state index is 0.0581. The number of likely N-dealkylation sites (tertiary alicyclic amines) is 1. The van der Waals surface area contributed by atoms with Gasteiger partial charge in [-0.3, -0.25) is 14.5 Å². The first kappa shape index (κ1) is 16.5. The highest BCUT2D eigenvalue weighted by Crippen LogP contribution is 2.21. The summed E-state index contributed by atoms with van der Waals surface area (Å²) < 4.78 is 0. The van der Waals surface area contributed by atoms with Crippen molar-refractivity contribution in [2.24, 2.45) is 0 Å². The summed E-state index contributed by atoms with van der Waals surface area (Å²) in [5.41, 5.74) is 1.25. The van der Waals surface area contributed by atoms with E-state index in [0.29, 0.717) is 24.0 Å². The van der Waals surface area contributed by atoms with E-state index < -0.39 is 0 Å². The van der Waals surface area contributed by atoms with Gasteiger partial charge in [0.1, 0.15) is 0 Å². The monoisotopic (exact) mass is 304 g/mol. The number of likely N-dealkylation sites (N-methyl/N-ethyl adjacent to an activating group) is 1. The van der Waals surface area contributed by atoms with E-state index in [-0.39, 0.29) is 11.8 Å². The van der Waals surface area contributed by atoms with E-state index in [1.54, 1.807) is 12.1 Å². The maximum atomic E-state index is 12.2. The van der Waals surface area contributed by atoms with Gasteiger partial charge in [0, 0.05) is 26.1 Å². The van der Waals surface area contributed by atoms with E-state index in [1.165, 1.54) is 6.92 Å². The molecule has 0 saturated carbocycles. The molecule has 1 fully saturated rings. The van der Waals surface area contributed by atoms with Crippen LogP contribution in [0.3, 0.4) is 0 Å². The molecule has 1 heterocycles. The molecule has 0 aliphatic carbocycles. The highest BCUT2D eigenvalue weighted by molar-refractivity contribution is 5.99. The van der Waals surface area contributed by atoms with Crippen molar-refractivity contribution >= 4 is 23.2 Å². The average molecular weight is 304 g/mol. The first-order chi connectivity index (χ1) is 10.5. The lowest BCUT2D eigenvalue weighted by Crippen LogP contribution is -2.35. The Bertz CT molecular complexity index is 545. The van der Waals surface area contributed by atoms with Crippen LogP contribution in [0.25, 0.3) is 0 Å². The van der Waals surface area contributed by atoms with Gasteiger partial charge < -0.3 is 15.5 Å². The molecule has 0 radical (unpaired) electrons. The van der Waals surface area contributed by atoms with Crippen LogP contribution in [0, 0.1) is 0 Å². The molecule has 2 rings (SSSR count). The fraction of sp³-hybridized carbons (Fsp3) is 0.500. The van der Waals surface area contributed by atoms with Crippen molar-refractivity contribution < 1.29 is 9.59 Å². The number of rotatable bonds is 5. The van der Waals surface area contributed by atoms with Gasteiger partial charge in [0.15, 0.2) is 0 Å². The molecule has 0 bridgehead atoms.